The Morgan fingerprint density at radius 2 is 2.00 bits per heavy atom. The van der Waals surface area contributed by atoms with Crippen LogP contribution in [0.5, 0.6) is 0 Å². The summed E-state index contributed by atoms with van der Waals surface area (Å²) in [4.78, 5) is 24.5. The molecule has 164 valence electrons. The zero-order valence-electron chi connectivity index (χ0n) is 17.9. The molecule has 1 unspecified atom stereocenters. The van der Waals surface area contributed by atoms with E-state index >= 15 is 0 Å². The van der Waals surface area contributed by atoms with Crippen molar-refractivity contribution in [2.45, 2.75) is 12.5 Å². The lowest BCUT2D eigenvalue weighted by atomic mass is 9.82. The van der Waals surface area contributed by atoms with Crippen LogP contribution >= 0.6 is 0 Å². The number of hydrogen-bond acceptors (Lipinski definition) is 7. The molecule has 1 aromatic heterocycles. The highest BCUT2D eigenvalue weighted by atomic mass is 19.1. The van der Waals surface area contributed by atoms with Gasteiger partial charge in [-0.1, -0.05) is 12.1 Å². The summed E-state index contributed by atoms with van der Waals surface area (Å²) in [5.74, 6) is 0.337. The van der Waals surface area contributed by atoms with Crippen LogP contribution in [-0.2, 0) is 26.9 Å². The van der Waals surface area contributed by atoms with E-state index in [0.717, 1.165) is 13.1 Å². The lowest BCUT2D eigenvalue weighted by Gasteiger charge is -2.37. The van der Waals surface area contributed by atoms with Gasteiger partial charge in [-0.05, 0) is 24.6 Å². The topological polar surface area (TPSA) is 81.0 Å². The minimum Gasteiger partial charge on any atom is -0.466 e. The first-order chi connectivity index (χ1) is 14.9. The number of hydrogen-bond donors (Lipinski definition) is 1. The number of morpholine rings is 1. The molecule has 8 nitrogen and oxygen atoms in total. The number of carbonyl (C=O) groups excluding carboxylic acids is 1. The number of nitrogens with one attached hydrogen (secondary N) is 1. The van der Waals surface area contributed by atoms with Crippen molar-refractivity contribution in [1.29, 1.82) is 0 Å². The van der Waals surface area contributed by atoms with Gasteiger partial charge in [0.15, 0.2) is 11.7 Å². The van der Waals surface area contributed by atoms with Crippen LogP contribution in [0, 0.1) is 5.82 Å². The normalized spacial score (nSPS) is 22.1. The molecule has 1 N–H and O–H groups in total. The molecular weight excluding hydrogens is 401 g/mol. The maximum atomic E-state index is 13.7. The Labute approximate surface area is 180 Å². The average molecular weight is 427 g/mol. The summed E-state index contributed by atoms with van der Waals surface area (Å²) in [6, 6.07) is 6.04. The van der Waals surface area contributed by atoms with E-state index in [1.165, 1.54) is 19.2 Å². The van der Waals surface area contributed by atoms with Gasteiger partial charge in [-0.15, -0.1) is 0 Å². The number of rotatable bonds is 5. The Balaban J connectivity index is 1.86. The molecule has 0 bridgehead atoms. The number of halogens is 1. The van der Waals surface area contributed by atoms with Gasteiger partial charge in [0.05, 0.1) is 25.9 Å². The van der Waals surface area contributed by atoms with Gasteiger partial charge >= 0.3 is 5.97 Å². The lowest BCUT2D eigenvalue weighted by Crippen LogP contribution is -2.47. The summed E-state index contributed by atoms with van der Waals surface area (Å²) < 4.78 is 26.1. The maximum absolute atomic E-state index is 13.7. The highest BCUT2D eigenvalue weighted by Crippen LogP contribution is 2.38. The zero-order valence-corrected chi connectivity index (χ0v) is 17.9. The second-order valence-electron chi connectivity index (χ2n) is 7.76. The fourth-order valence-corrected chi connectivity index (χ4v) is 4.02. The summed E-state index contributed by atoms with van der Waals surface area (Å²) in [6.45, 7) is 5.11. The number of esters is 1. The molecule has 1 atom stereocenters. The number of aliphatic imine (C=N–C) groups is 1. The minimum absolute atomic E-state index is 0.355. The standard InChI is InChI=1S/C22H26FN5O3/c1-22(15-4-6-16(23)7-5-15)18(21(29)30-3)17(14-28-10-12-31-13-11-28)25-19(26-22)20-24-8-9-27(20)2/h4-9H,10-14H2,1-3H3,(H,25,26). The van der Waals surface area contributed by atoms with Crippen molar-refractivity contribution in [2.24, 2.45) is 12.0 Å². The predicted octanol–water partition coefficient (Wildman–Crippen LogP) is 1.58. The molecule has 1 fully saturated rings. The molecule has 1 saturated heterocycles. The Hall–Kier alpha value is -3.04. The molecule has 0 aliphatic carbocycles. The number of amidine groups is 1. The number of carbonyl (C=O) groups is 1. The Bertz CT molecular complexity index is 1020. The summed E-state index contributed by atoms with van der Waals surface area (Å²) in [5.41, 5.74) is 0.677. The number of aryl methyl sites for hydroxylation is 1. The summed E-state index contributed by atoms with van der Waals surface area (Å²) in [5, 5.41) is 3.33. The number of ether oxygens (including phenoxy) is 2. The predicted molar refractivity (Wildman–Crippen MR) is 113 cm³/mol. The van der Waals surface area contributed by atoms with Crippen LogP contribution in [0.3, 0.4) is 0 Å². The van der Waals surface area contributed by atoms with E-state index < -0.39 is 11.5 Å². The Kier molecular flexibility index (Phi) is 5.88. The molecule has 4 rings (SSSR count). The van der Waals surface area contributed by atoms with Crippen LogP contribution in [0.15, 0.2) is 52.9 Å². The van der Waals surface area contributed by atoms with E-state index in [1.807, 2.05) is 24.7 Å². The Morgan fingerprint density at radius 1 is 1.29 bits per heavy atom. The van der Waals surface area contributed by atoms with Crippen LogP contribution < -0.4 is 5.32 Å². The van der Waals surface area contributed by atoms with Crippen LogP contribution in [0.4, 0.5) is 4.39 Å². The van der Waals surface area contributed by atoms with Crippen molar-refractivity contribution in [3.8, 4) is 0 Å². The van der Waals surface area contributed by atoms with E-state index in [9.17, 15) is 9.18 Å². The largest absolute Gasteiger partial charge is 0.466 e. The average Bonchev–Trinajstić information content (AvgIpc) is 3.20. The highest BCUT2D eigenvalue weighted by Gasteiger charge is 2.42. The number of imidazole rings is 1. The monoisotopic (exact) mass is 427 g/mol. The van der Waals surface area contributed by atoms with Gasteiger partial charge < -0.3 is 19.4 Å². The van der Waals surface area contributed by atoms with Crippen LogP contribution in [0.1, 0.15) is 18.3 Å². The van der Waals surface area contributed by atoms with Gasteiger partial charge in [0, 0.05) is 44.8 Å². The lowest BCUT2D eigenvalue weighted by molar-refractivity contribution is -0.137. The van der Waals surface area contributed by atoms with Gasteiger partial charge in [0.25, 0.3) is 0 Å². The van der Waals surface area contributed by atoms with E-state index in [1.54, 1.807) is 18.3 Å². The van der Waals surface area contributed by atoms with Crippen molar-refractivity contribution in [3.05, 3.63) is 65.1 Å². The third kappa shape index (κ3) is 4.11. The minimum atomic E-state index is -1.09. The van der Waals surface area contributed by atoms with Crippen molar-refractivity contribution < 1.29 is 18.7 Å². The van der Waals surface area contributed by atoms with Gasteiger partial charge in [-0.3, -0.25) is 4.90 Å². The summed E-state index contributed by atoms with van der Waals surface area (Å²) >= 11 is 0. The molecule has 0 amide bonds. The number of methoxy groups -OCH3 is 1. The molecule has 9 heteroatoms. The van der Waals surface area contributed by atoms with E-state index in [4.69, 9.17) is 14.5 Å². The maximum Gasteiger partial charge on any atom is 0.338 e. The van der Waals surface area contributed by atoms with Gasteiger partial charge in [-0.2, -0.15) is 0 Å². The van der Waals surface area contributed by atoms with Crippen molar-refractivity contribution in [2.75, 3.05) is 40.0 Å². The molecule has 0 radical (unpaired) electrons. The molecule has 0 spiro atoms. The third-order valence-corrected chi connectivity index (χ3v) is 5.71. The van der Waals surface area contributed by atoms with Gasteiger partial charge in [-0.25, -0.2) is 19.2 Å². The molecule has 0 saturated carbocycles. The molecule has 1 aromatic carbocycles. The van der Waals surface area contributed by atoms with Crippen LogP contribution in [-0.4, -0.2) is 66.2 Å². The third-order valence-electron chi connectivity index (χ3n) is 5.71. The van der Waals surface area contributed by atoms with Crippen molar-refractivity contribution >= 4 is 11.8 Å². The summed E-state index contributed by atoms with van der Waals surface area (Å²) in [6.07, 6.45) is 3.52. The first-order valence-electron chi connectivity index (χ1n) is 10.1. The van der Waals surface area contributed by atoms with Crippen LogP contribution in [0.25, 0.3) is 0 Å². The first kappa shape index (κ1) is 21.2. The summed E-state index contributed by atoms with van der Waals surface area (Å²) in [7, 11) is 3.23. The molecular formula is C22H26FN5O3. The van der Waals surface area contributed by atoms with Crippen molar-refractivity contribution in [1.82, 2.24) is 19.8 Å². The molecule has 2 aliphatic heterocycles. The fourth-order valence-electron chi connectivity index (χ4n) is 4.02. The SMILES string of the molecule is COC(=O)C1=C(CN2CCOCC2)NC(c2nccn2C)=NC1(C)c1ccc(F)cc1. The number of aromatic nitrogens is 2. The number of benzene rings is 1. The fraction of sp³-hybridized carbons (Fsp3) is 0.409. The first-order valence-corrected chi connectivity index (χ1v) is 10.1. The molecule has 2 aromatic rings. The second kappa shape index (κ2) is 8.60. The molecule has 2 aliphatic rings. The van der Waals surface area contributed by atoms with Crippen molar-refractivity contribution in [3.63, 3.8) is 0 Å². The number of nitrogens with zero attached hydrogens (tertiary/aromatic N) is 4. The van der Waals surface area contributed by atoms with E-state index in [-0.39, 0.29) is 5.82 Å². The second-order valence-corrected chi connectivity index (χ2v) is 7.76. The Morgan fingerprint density at radius 3 is 2.61 bits per heavy atom. The smallest absolute Gasteiger partial charge is 0.338 e. The highest BCUT2D eigenvalue weighted by molar-refractivity contribution is 6.02. The van der Waals surface area contributed by atoms with Gasteiger partial charge in [0.2, 0.25) is 0 Å². The molecule has 3 heterocycles. The van der Waals surface area contributed by atoms with Crippen LogP contribution in [0.2, 0.25) is 0 Å². The van der Waals surface area contributed by atoms with E-state index in [2.05, 4.69) is 15.2 Å². The van der Waals surface area contributed by atoms with E-state index in [0.29, 0.717) is 48.3 Å². The quantitative estimate of drug-likeness (QED) is 0.730. The zero-order chi connectivity index (χ0) is 22.0. The molecule has 31 heavy (non-hydrogen) atoms. The van der Waals surface area contributed by atoms with Gasteiger partial charge in [0.1, 0.15) is 11.4 Å².